The maximum atomic E-state index is 5.16. The van der Waals surface area contributed by atoms with Crippen LogP contribution in [0.1, 0.15) is 32.0 Å². The quantitative estimate of drug-likeness (QED) is 0.883. The highest BCUT2D eigenvalue weighted by atomic mass is 16.5. The Morgan fingerprint density at radius 1 is 1.09 bits per heavy atom. The van der Waals surface area contributed by atoms with Crippen LogP contribution in [0.15, 0.2) is 30.3 Å². The van der Waals surface area contributed by atoms with Gasteiger partial charge in [0.15, 0.2) is 0 Å². The number of benzene rings is 1. The molecule has 1 aromatic carbocycles. The normalized spacial score (nSPS) is 11.1. The highest BCUT2D eigenvalue weighted by Crippen LogP contribution is 2.16. The SMILES string of the molecule is COc1ccc(CNc2cc(C)nc(NC(C)(C)C)n2)cc1. The van der Waals surface area contributed by atoms with Crippen molar-refractivity contribution < 1.29 is 4.74 Å². The zero-order chi connectivity index (χ0) is 16.2. The van der Waals surface area contributed by atoms with Gasteiger partial charge in [0, 0.05) is 23.8 Å². The van der Waals surface area contributed by atoms with E-state index in [2.05, 4.69) is 41.4 Å². The molecule has 0 bridgehead atoms. The van der Waals surface area contributed by atoms with E-state index in [-0.39, 0.29) is 5.54 Å². The van der Waals surface area contributed by atoms with E-state index in [1.54, 1.807) is 7.11 Å². The number of aryl methyl sites for hydroxylation is 1. The molecule has 0 radical (unpaired) electrons. The summed E-state index contributed by atoms with van der Waals surface area (Å²) in [6.07, 6.45) is 0. The fraction of sp³-hybridized carbons (Fsp3) is 0.412. The number of nitrogens with one attached hydrogen (secondary N) is 2. The van der Waals surface area contributed by atoms with Crippen molar-refractivity contribution in [3.05, 3.63) is 41.6 Å². The summed E-state index contributed by atoms with van der Waals surface area (Å²) < 4.78 is 5.16. The molecule has 1 heterocycles. The number of methoxy groups -OCH3 is 1. The highest BCUT2D eigenvalue weighted by molar-refractivity contribution is 5.43. The van der Waals surface area contributed by atoms with E-state index < -0.39 is 0 Å². The van der Waals surface area contributed by atoms with Crippen LogP contribution in [0.4, 0.5) is 11.8 Å². The number of anilines is 2. The van der Waals surface area contributed by atoms with Crippen molar-refractivity contribution in [3.8, 4) is 5.75 Å². The molecule has 0 atom stereocenters. The Morgan fingerprint density at radius 3 is 2.36 bits per heavy atom. The second-order valence-electron chi connectivity index (χ2n) is 6.29. The maximum absolute atomic E-state index is 5.16. The van der Waals surface area contributed by atoms with E-state index in [0.717, 1.165) is 17.3 Å². The van der Waals surface area contributed by atoms with Gasteiger partial charge in [-0.15, -0.1) is 0 Å². The van der Waals surface area contributed by atoms with Gasteiger partial charge in [0.2, 0.25) is 5.95 Å². The van der Waals surface area contributed by atoms with Crippen LogP contribution in [0, 0.1) is 6.92 Å². The second kappa shape index (κ2) is 6.64. The summed E-state index contributed by atoms with van der Waals surface area (Å²) in [4.78, 5) is 8.93. The number of hydrogen-bond acceptors (Lipinski definition) is 5. The summed E-state index contributed by atoms with van der Waals surface area (Å²) in [5.74, 6) is 2.32. The average molecular weight is 300 g/mol. The summed E-state index contributed by atoms with van der Waals surface area (Å²) in [5.41, 5.74) is 2.03. The Kier molecular flexibility index (Phi) is 4.85. The second-order valence-corrected chi connectivity index (χ2v) is 6.29. The number of nitrogens with zero attached hydrogens (tertiary/aromatic N) is 2. The van der Waals surface area contributed by atoms with Gasteiger partial charge in [-0.05, 0) is 45.4 Å². The molecular formula is C17H24N4O. The Morgan fingerprint density at radius 2 is 1.77 bits per heavy atom. The van der Waals surface area contributed by atoms with Crippen LogP contribution in [-0.2, 0) is 6.54 Å². The smallest absolute Gasteiger partial charge is 0.225 e. The van der Waals surface area contributed by atoms with Crippen molar-refractivity contribution in [2.45, 2.75) is 39.8 Å². The van der Waals surface area contributed by atoms with Crippen molar-refractivity contribution in [3.63, 3.8) is 0 Å². The van der Waals surface area contributed by atoms with E-state index >= 15 is 0 Å². The number of ether oxygens (including phenoxy) is 1. The lowest BCUT2D eigenvalue weighted by Crippen LogP contribution is -2.27. The van der Waals surface area contributed by atoms with Crippen molar-refractivity contribution >= 4 is 11.8 Å². The first-order valence-corrected chi connectivity index (χ1v) is 7.36. The van der Waals surface area contributed by atoms with Crippen molar-refractivity contribution in [1.82, 2.24) is 9.97 Å². The van der Waals surface area contributed by atoms with Crippen LogP contribution in [0.3, 0.4) is 0 Å². The minimum absolute atomic E-state index is 0.0684. The van der Waals surface area contributed by atoms with Crippen LogP contribution >= 0.6 is 0 Å². The average Bonchev–Trinajstić information content (AvgIpc) is 2.43. The van der Waals surface area contributed by atoms with Crippen LogP contribution in [-0.4, -0.2) is 22.6 Å². The third kappa shape index (κ3) is 4.91. The molecule has 0 amide bonds. The molecule has 0 aliphatic heterocycles. The zero-order valence-corrected chi connectivity index (χ0v) is 13.9. The summed E-state index contributed by atoms with van der Waals surface area (Å²) in [6.45, 7) is 8.93. The maximum Gasteiger partial charge on any atom is 0.225 e. The molecule has 5 heteroatoms. The number of rotatable bonds is 5. The van der Waals surface area contributed by atoms with Gasteiger partial charge in [0.25, 0.3) is 0 Å². The first-order chi connectivity index (χ1) is 10.4. The van der Waals surface area contributed by atoms with Crippen LogP contribution in [0.25, 0.3) is 0 Å². The Balaban J connectivity index is 2.05. The lowest BCUT2D eigenvalue weighted by Gasteiger charge is -2.21. The van der Waals surface area contributed by atoms with Crippen molar-refractivity contribution in [2.75, 3.05) is 17.7 Å². The predicted molar refractivity (Wildman–Crippen MR) is 90.5 cm³/mol. The first-order valence-electron chi connectivity index (χ1n) is 7.36. The van der Waals surface area contributed by atoms with E-state index in [1.807, 2.05) is 37.3 Å². The number of aromatic nitrogens is 2. The van der Waals surface area contributed by atoms with E-state index in [4.69, 9.17) is 4.74 Å². The monoisotopic (exact) mass is 300 g/mol. The molecule has 118 valence electrons. The van der Waals surface area contributed by atoms with Gasteiger partial charge in [-0.1, -0.05) is 12.1 Å². The lowest BCUT2D eigenvalue weighted by atomic mass is 10.1. The van der Waals surface area contributed by atoms with Crippen LogP contribution in [0.5, 0.6) is 5.75 Å². The molecule has 5 nitrogen and oxygen atoms in total. The number of hydrogen-bond donors (Lipinski definition) is 2. The molecule has 0 aliphatic rings. The minimum Gasteiger partial charge on any atom is -0.497 e. The largest absolute Gasteiger partial charge is 0.497 e. The topological polar surface area (TPSA) is 59.1 Å². The van der Waals surface area contributed by atoms with Crippen molar-refractivity contribution in [2.24, 2.45) is 0 Å². The standard InChI is InChI=1S/C17H24N4O/c1-12-10-15(20-16(19-12)21-17(2,3)4)18-11-13-6-8-14(22-5)9-7-13/h6-10H,11H2,1-5H3,(H2,18,19,20,21). The Labute approximate surface area is 132 Å². The minimum atomic E-state index is -0.0684. The van der Waals surface area contributed by atoms with E-state index in [0.29, 0.717) is 12.5 Å². The third-order valence-electron chi connectivity index (χ3n) is 2.97. The molecule has 0 saturated heterocycles. The lowest BCUT2D eigenvalue weighted by molar-refractivity contribution is 0.414. The third-order valence-corrected chi connectivity index (χ3v) is 2.97. The molecule has 2 rings (SSSR count). The summed E-state index contributed by atoms with van der Waals surface area (Å²) in [6, 6.07) is 9.92. The van der Waals surface area contributed by atoms with Crippen molar-refractivity contribution in [1.29, 1.82) is 0 Å². The van der Waals surface area contributed by atoms with E-state index in [1.165, 1.54) is 5.56 Å². The summed E-state index contributed by atoms with van der Waals surface area (Å²) >= 11 is 0. The summed E-state index contributed by atoms with van der Waals surface area (Å²) in [5, 5.41) is 6.63. The molecule has 0 saturated carbocycles. The van der Waals surface area contributed by atoms with Gasteiger partial charge in [0.1, 0.15) is 11.6 Å². The van der Waals surface area contributed by atoms with Crippen LogP contribution in [0.2, 0.25) is 0 Å². The van der Waals surface area contributed by atoms with Gasteiger partial charge in [-0.3, -0.25) is 0 Å². The first kappa shape index (κ1) is 16.1. The zero-order valence-electron chi connectivity index (χ0n) is 13.9. The van der Waals surface area contributed by atoms with Gasteiger partial charge < -0.3 is 15.4 Å². The molecule has 2 N–H and O–H groups in total. The molecule has 0 fully saturated rings. The molecule has 1 aromatic heterocycles. The molecule has 22 heavy (non-hydrogen) atoms. The fourth-order valence-electron chi connectivity index (χ4n) is 1.99. The van der Waals surface area contributed by atoms with Gasteiger partial charge >= 0.3 is 0 Å². The van der Waals surface area contributed by atoms with Gasteiger partial charge in [-0.25, -0.2) is 4.98 Å². The van der Waals surface area contributed by atoms with Gasteiger partial charge in [-0.2, -0.15) is 4.98 Å². The Hall–Kier alpha value is -2.30. The molecule has 0 aliphatic carbocycles. The van der Waals surface area contributed by atoms with E-state index in [9.17, 15) is 0 Å². The predicted octanol–water partition coefficient (Wildman–Crippen LogP) is 3.62. The highest BCUT2D eigenvalue weighted by Gasteiger charge is 2.12. The fourth-order valence-corrected chi connectivity index (χ4v) is 1.99. The molecule has 0 spiro atoms. The summed E-state index contributed by atoms with van der Waals surface area (Å²) in [7, 11) is 1.67. The molecular weight excluding hydrogens is 276 g/mol. The molecule has 2 aromatic rings. The molecule has 0 unspecified atom stereocenters. The van der Waals surface area contributed by atoms with Gasteiger partial charge in [0.05, 0.1) is 7.11 Å². The van der Waals surface area contributed by atoms with Crippen LogP contribution < -0.4 is 15.4 Å². The Bertz CT molecular complexity index is 618.